The first kappa shape index (κ1) is 16.3. The summed E-state index contributed by atoms with van der Waals surface area (Å²) in [6.07, 6.45) is 1.52. The molecule has 0 bridgehead atoms. The zero-order valence-electron chi connectivity index (χ0n) is 12.5. The summed E-state index contributed by atoms with van der Waals surface area (Å²) in [4.78, 5) is 34.8. The van der Waals surface area contributed by atoms with Gasteiger partial charge < -0.3 is 19.8 Å². The van der Waals surface area contributed by atoms with E-state index in [-0.39, 0.29) is 19.0 Å². The third-order valence-corrected chi connectivity index (χ3v) is 3.02. The molecule has 0 aliphatic rings. The number of hydrogen-bond acceptors (Lipinski definition) is 5. The lowest BCUT2D eigenvalue weighted by Gasteiger charge is -2.06. The quantitative estimate of drug-likeness (QED) is 0.778. The van der Waals surface area contributed by atoms with Crippen molar-refractivity contribution in [3.63, 3.8) is 0 Å². The van der Waals surface area contributed by atoms with Crippen molar-refractivity contribution in [3.05, 3.63) is 59.5 Å². The van der Waals surface area contributed by atoms with Gasteiger partial charge >= 0.3 is 5.97 Å². The number of hydrogen-bond donors (Lipinski definition) is 2. The molecule has 0 atom stereocenters. The maximum Gasteiger partial charge on any atom is 0.337 e. The summed E-state index contributed by atoms with van der Waals surface area (Å²) in [7, 11) is 1.28. The molecule has 0 saturated carbocycles. The molecule has 7 nitrogen and oxygen atoms in total. The Bertz CT molecular complexity index is 677. The number of methoxy groups -OCH3 is 1. The molecule has 0 fully saturated rings. The summed E-state index contributed by atoms with van der Waals surface area (Å²) in [5, 5.41) is 5.11. The number of furan rings is 1. The zero-order valence-corrected chi connectivity index (χ0v) is 12.5. The molecule has 2 rings (SSSR count). The summed E-state index contributed by atoms with van der Waals surface area (Å²) >= 11 is 0. The largest absolute Gasteiger partial charge is 0.467 e. The summed E-state index contributed by atoms with van der Waals surface area (Å²) in [6, 6.07) is 9.41. The third kappa shape index (κ3) is 4.70. The van der Waals surface area contributed by atoms with Gasteiger partial charge in [0.15, 0.2) is 0 Å². The highest BCUT2D eigenvalue weighted by atomic mass is 16.5. The molecule has 0 aliphatic heterocycles. The summed E-state index contributed by atoms with van der Waals surface area (Å²) < 4.78 is 9.65. The number of esters is 1. The smallest absolute Gasteiger partial charge is 0.337 e. The minimum Gasteiger partial charge on any atom is -0.467 e. The van der Waals surface area contributed by atoms with Gasteiger partial charge in [0, 0.05) is 5.56 Å². The van der Waals surface area contributed by atoms with E-state index in [4.69, 9.17) is 4.42 Å². The van der Waals surface area contributed by atoms with Gasteiger partial charge in [-0.25, -0.2) is 4.79 Å². The number of amides is 2. The van der Waals surface area contributed by atoms with Crippen molar-refractivity contribution >= 4 is 17.8 Å². The average molecular weight is 316 g/mol. The van der Waals surface area contributed by atoms with E-state index in [1.54, 1.807) is 12.1 Å². The fourth-order valence-electron chi connectivity index (χ4n) is 1.80. The number of carbonyl (C=O) groups is 3. The second kappa shape index (κ2) is 7.79. The topological polar surface area (TPSA) is 97.6 Å². The Balaban J connectivity index is 1.79. The van der Waals surface area contributed by atoms with Gasteiger partial charge in [-0.15, -0.1) is 0 Å². The van der Waals surface area contributed by atoms with Gasteiger partial charge in [0.25, 0.3) is 5.91 Å². The monoisotopic (exact) mass is 316 g/mol. The van der Waals surface area contributed by atoms with Crippen LogP contribution in [0.1, 0.15) is 26.5 Å². The first-order valence-electron chi connectivity index (χ1n) is 6.86. The lowest BCUT2D eigenvalue weighted by Crippen LogP contribution is -2.36. The molecule has 2 amide bonds. The molecule has 1 aromatic carbocycles. The Morgan fingerprint density at radius 3 is 2.35 bits per heavy atom. The van der Waals surface area contributed by atoms with Crippen molar-refractivity contribution in [1.82, 2.24) is 10.6 Å². The van der Waals surface area contributed by atoms with Crippen molar-refractivity contribution in [1.29, 1.82) is 0 Å². The molecule has 0 radical (unpaired) electrons. The van der Waals surface area contributed by atoms with Crippen LogP contribution in [0, 0.1) is 0 Å². The maximum absolute atomic E-state index is 11.9. The molecule has 1 heterocycles. The molecule has 2 N–H and O–H groups in total. The Hall–Kier alpha value is -3.09. The molecular weight excluding hydrogens is 300 g/mol. The molecule has 1 aromatic heterocycles. The summed E-state index contributed by atoms with van der Waals surface area (Å²) in [5.41, 5.74) is 0.691. The van der Waals surface area contributed by atoms with Crippen molar-refractivity contribution in [2.45, 2.75) is 6.54 Å². The predicted molar refractivity (Wildman–Crippen MR) is 80.7 cm³/mol. The second-order valence-electron chi connectivity index (χ2n) is 4.61. The predicted octanol–water partition coefficient (Wildman–Crippen LogP) is 1.11. The molecule has 0 saturated heterocycles. The summed E-state index contributed by atoms with van der Waals surface area (Å²) in [5.74, 6) is -0.590. The Labute approximate surface area is 132 Å². The van der Waals surface area contributed by atoms with Gasteiger partial charge in [0.1, 0.15) is 5.76 Å². The van der Waals surface area contributed by atoms with E-state index in [0.717, 1.165) is 0 Å². The molecular formula is C16H16N2O5. The van der Waals surface area contributed by atoms with Gasteiger partial charge in [0.2, 0.25) is 5.91 Å². The molecule has 23 heavy (non-hydrogen) atoms. The van der Waals surface area contributed by atoms with Crippen LogP contribution in [0.5, 0.6) is 0 Å². The number of nitrogens with one attached hydrogen (secondary N) is 2. The van der Waals surface area contributed by atoms with Crippen molar-refractivity contribution < 1.29 is 23.5 Å². The Morgan fingerprint density at radius 2 is 1.74 bits per heavy atom. The van der Waals surface area contributed by atoms with Gasteiger partial charge in [-0.05, 0) is 36.4 Å². The van der Waals surface area contributed by atoms with Crippen LogP contribution in [0.2, 0.25) is 0 Å². The van der Waals surface area contributed by atoms with Gasteiger partial charge in [-0.1, -0.05) is 0 Å². The molecule has 0 aliphatic carbocycles. The highest BCUT2D eigenvalue weighted by Crippen LogP contribution is 2.05. The minimum absolute atomic E-state index is 0.154. The van der Waals surface area contributed by atoms with Crippen LogP contribution in [0.15, 0.2) is 47.1 Å². The van der Waals surface area contributed by atoms with E-state index >= 15 is 0 Å². The number of carbonyl (C=O) groups excluding carboxylic acids is 3. The normalized spacial score (nSPS) is 9.96. The van der Waals surface area contributed by atoms with Crippen LogP contribution in [0.4, 0.5) is 0 Å². The van der Waals surface area contributed by atoms with E-state index < -0.39 is 11.9 Å². The number of rotatable bonds is 6. The van der Waals surface area contributed by atoms with Crippen LogP contribution in [-0.4, -0.2) is 31.4 Å². The van der Waals surface area contributed by atoms with Crippen LogP contribution in [0.3, 0.4) is 0 Å². The van der Waals surface area contributed by atoms with Crippen LogP contribution in [-0.2, 0) is 16.1 Å². The SMILES string of the molecule is COC(=O)c1ccc(C(=O)NCC(=O)NCc2ccco2)cc1. The lowest BCUT2D eigenvalue weighted by atomic mass is 10.1. The average Bonchev–Trinajstić information content (AvgIpc) is 3.10. The molecule has 120 valence electrons. The van der Waals surface area contributed by atoms with E-state index in [0.29, 0.717) is 16.9 Å². The van der Waals surface area contributed by atoms with Crippen LogP contribution < -0.4 is 10.6 Å². The first-order chi connectivity index (χ1) is 11.1. The summed E-state index contributed by atoms with van der Waals surface area (Å²) in [6.45, 7) is 0.105. The zero-order chi connectivity index (χ0) is 16.7. The van der Waals surface area contributed by atoms with Gasteiger partial charge in [-0.2, -0.15) is 0 Å². The lowest BCUT2D eigenvalue weighted by molar-refractivity contribution is -0.120. The molecule has 0 spiro atoms. The van der Waals surface area contributed by atoms with Crippen LogP contribution >= 0.6 is 0 Å². The van der Waals surface area contributed by atoms with Crippen LogP contribution in [0.25, 0.3) is 0 Å². The molecule has 0 unspecified atom stereocenters. The highest BCUT2D eigenvalue weighted by Gasteiger charge is 2.10. The highest BCUT2D eigenvalue weighted by molar-refractivity contribution is 5.97. The number of benzene rings is 1. The number of ether oxygens (including phenoxy) is 1. The van der Waals surface area contributed by atoms with Crippen molar-refractivity contribution in [2.24, 2.45) is 0 Å². The van der Waals surface area contributed by atoms with Gasteiger partial charge in [0.05, 0.1) is 32.0 Å². The van der Waals surface area contributed by atoms with E-state index in [1.807, 2.05) is 0 Å². The fourth-order valence-corrected chi connectivity index (χ4v) is 1.80. The maximum atomic E-state index is 11.9. The first-order valence-corrected chi connectivity index (χ1v) is 6.86. The standard InChI is InChI=1S/C16H16N2O5/c1-22-16(21)12-6-4-11(5-7-12)15(20)18-10-14(19)17-9-13-3-2-8-23-13/h2-8H,9-10H2,1H3,(H,17,19)(H,18,20). The third-order valence-electron chi connectivity index (χ3n) is 3.02. The van der Waals surface area contributed by atoms with E-state index in [2.05, 4.69) is 15.4 Å². The molecule has 2 aromatic rings. The van der Waals surface area contributed by atoms with Crippen molar-refractivity contribution in [3.8, 4) is 0 Å². The van der Waals surface area contributed by atoms with Gasteiger partial charge in [-0.3, -0.25) is 9.59 Å². The molecule has 7 heteroatoms. The Kier molecular flexibility index (Phi) is 5.51. The fraction of sp³-hybridized carbons (Fsp3) is 0.188. The second-order valence-corrected chi connectivity index (χ2v) is 4.61. The van der Waals surface area contributed by atoms with E-state index in [1.165, 1.54) is 37.6 Å². The van der Waals surface area contributed by atoms with E-state index in [9.17, 15) is 14.4 Å². The minimum atomic E-state index is -0.478. The Morgan fingerprint density at radius 1 is 1.04 bits per heavy atom. The van der Waals surface area contributed by atoms with Crippen molar-refractivity contribution in [2.75, 3.05) is 13.7 Å².